The molecule has 8 nitrogen and oxygen atoms in total. The minimum absolute atomic E-state index is 0.158. The third-order valence-electron chi connectivity index (χ3n) is 3.89. The maximum atomic E-state index is 12.2. The lowest BCUT2D eigenvalue weighted by atomic mass is 10.2. The predicted molar refractivity (Wildman–Crippen MR) is 87.3 cm³/mol. The van der Waals surface area contributed by atoms with Gasteiger partial charge < -0.3 is 29.3 Å². The van der Waals surface area contributed by atoms with Crippen molar-refractivity contribution < 1.29 is 23.8 Å². The van der Waals surface area contributed by atoms with E-state index in [-0.39, 0.29) is 12.1 Å². The van der Waals surface area contributed by atoms with Gasteiger partial charge in [-0.2, -0.15) is 0 Å². The minimum Gasteiger partial charge on any atom is -0.493 e. The van der Waals surface area contributed by atoms with E-state index >= 15 is 0 Å². The largest absolute Gasteiger partial charge is 0.493 e. The predicted octanol–water partition coefficient (Wildman–Crippen LogP) is 1.30. The quantitative estimate of drug-likeness (QED) is 0.896. The molecule has 0 bridgehead atoms. The molecule has 3 amide bonds. The maximum absolute atomic E-state index is 12.2. The van der Waals surface area contributed by atoms with E-state index in [0.29, 0.717) is 44.2 Å². The number of methoxy groups -OCH3 is 3. The van der Waals surface area contributed by atoms with Crippen LogP contribution in [0.3, 0.4) is 0 Å². The molecule has 2 rings (SSSR count). The van der Waals surface area contributed by atoms with Crippen molar-refractivity contribution in [2.24, 2.45) is 0 Å². The molecule has 1 aromatic rings. The lowest BCUT2D eigenvalue weighted by Gasteiger charge is -2.33. The molecule has 0 spiro atoms. The molecule has 0 aromatic heterocycles. The Kier molecular flexibility index (Phi) is 6.11. The zero-order valence-electron chi connectivity index (χ0n) is 14.2. The van der Waals surface area contributed by atoms with E-state index < -0.39 is 0 Å². The number of carbonyl (C=O) groups is 2. The molecular weight excluding hydrogens is 314 g/mol. The molecule has 24 heavy (non-hydrogen) atoms. The second-order valence-electron chi connectivity index (χ2n) is 5.29. The van der Waals surface area contributed by atoms with Crippen molar-refractivity contribution in [3.05, 3.63) is 23.8 Å². The number of carbonyl (C=O) groups excluding carboxylic acids is 2. The second kappa shape index (κ2) is 8.28. The van der Waals surface area contributed by atoms with Gasteiger partial charge in [0.15, 0.2) is 11.5 Å². The van der Waals surface area contributed by atoms with E-state index in [1.165, 1.54) is 7.11 Å². The normalized spacial score (nSPS) is 14.1. The van der Waals surface area contributed by atoms with Crippen LogP contribution in [0.5, 0.6) is 11.5 Å². The van der Waals surface area contributed by atoms with Gasteiger partial charge in [0, 0.05) is 32.7 Å². The van der Waals surface area contributed by atoms with Crippen LogP contribution in [0.2, 0.25) is 0 Å². The van der Waals surface area contributed by atoms with Gasteiger partial charge >= 0.3 is 12.1 Å². The van der Waals surface area contributed by atoms with Crippen LogP contribution in [-0.2, 0) is 11.3 Å². The highest BCUT2D eigenvalue weighted by molar-refractivity contribution is 5.75. The summed E-state index contributed by atoms with van der Waals surface area (Å²) in [6.45, 7) is 2.28. The fourth-order valence-electron chi connectivity index (χ4n) is 2.50. The minimum atomic E-state index is -0.361. The summed E-state index contributed by atoms with van der Waals surface area (Å²) in [5.41, 5.74) is 0.911. The molecular formula is C16H23N3O5. The van der Waals surface area contributed by atoms with Gasteiger partial charge in [0.25, 0.3) is 0 Å². The zero-order chi connectivity index (χ0) is 17.5. The third-order valence-corrected chi connectivity index (χ3v) is 3.89. The number of ether oxygens (including phenoxy) is 3. The first-order valence-electron chi connectivity index (χ1n) is 7.65. The SMILES string of the molecule is COC(=O)N1CCN(C(=O)NCc2ccc(OC)c(OC)c2)CC1. The van der Waals surface area contributed by atoms with Crippen molar-refractivity contribution in [1.82, 2.24) is 15.1 Å². The average molecular weight is 337 g/mol. The fourth-order valence-corrected chi connectivity index (χ4v) is 2.50. The van der Waals surface area contributed by atoms with Gasteiger partial charge in [-0.3, -0.25) is 0 Å². The molecule has 1 N–H and O–H groups in total. The molecule has 1 aromatic carbocycles. The van der Waals surface area contributed by atoms with Crippen LogP contribution in [0.25, 0.3) is 0 Å². The second-order valence-corrected chi connectivity index (χ2v) is 5.29. The summed E-state index contributed by atoms with van der Waals surface area (Å²) >= 11 is 0. The number of nitrogens with zero attached hydrogens (tertiary/aromatic N) is 2. The highest BCUT2D eigenvalue weighted by Gasteiger charge is 2.24. The molecule has 0 unspecified atom stereocenters. The van der Waals surface area contributed by atoms with E-state index in [1.54, 1.807) is 30.1 Å². The summed E-state index contributed by atoms with van der Waals surface area (Å²) in [5.74, 6) is 1.27. The van der Waals surface area contributed by atoms with Gasteiger partial charge in [-0.25, -0.2) is 9.59 Å². The molecule has 0 aliphatic carbocycles. The Morgan fingerprint density at radius 1 is 1.00 bits per heavy atom. The van der Waals surface area contributed by atoms with Crippen LogP contribution in [0.1, 0.15) is 5.56 Å². The van der Waals surface area contributed by atoms with E-state index in [1.807, 2.05) is 12.1 Å². The molecule has 1 heterocycles. The number of amides is 3. The Bertz CT molecular complexity index is 585. The number of rotatable bonds is 4. The summed E-state index contributed by atoms with van der Waals surface area (Å²) in [6.07, 6.45) is -0.361. The number of piperazine rings is 1. The topological polar surface area (TPSA) is 80.3 Å². The number of urea groups is 1. The Morgan fingerprint density at radius 3 is 2.21 bits per heavy atom. The molecule has 1 saturated heterocycles. The van der Waals surface area contributed by atoms with E-state index in [2.05, 4.69) is 10.1 Å². The molecule has 0 radical (unpaired) electrons. The highest BCUT2D eigenvalue weighted by Crippen LogP contribution is 2.27. The van der Waals surface area contributed by atoms with Gasteiger partial charge in [-0.15, -0.1) is 0 Å². The molecule has 1 fully saturated rings. The van der Waals surface area contributed by atoms with Crippen LogP contribution in [0.15, 0.2) is 18.2 Å². The standard InChI is InChI=1S/C16H23N3O5/c1-22-13-5-4-12(10-14(13)23-2)11-17-15(20)18-6-8-19(9-7-18)16(21)24-3/h4-5,10H,6-9,11H2,1-3H3,(H,17,20). The average Bonchev–Trinajstić information content (AvgIpc) is 2.65. The van der Waals surface area contributed by atoms with Crippen LogP contribution in [-0.4, -0.2) is 69.4 Å². The van der Waals surface area contributed by atoms with Crippen LogP contribution in [0, 0.1) is 0 Å². The molecule has 1 aliphatic rings. The van der Waals surface area contributed by atoms with Gasteiger partial charge in [0.05, 0.1) is 21.3 Å². The Hall–Kier alpha value is -2.64. The smallest absolute Gasteiger partial charge is 0.409 e. The van der Waals surface area contributed by atoms with Crippen LogP contribution >= 0.6 is 0 Å². The molecule has 8 heteroatoms. The van der Waals surface area contributed by atoms with Gasteiger partial charge in [-0.1, -0.05) is 6.07 Å². The third kappa shape index (κ3) is 4.21. The van der Waals surface area contributed by atoms with E-state index in [9.17, 15) is 9.59 Å². The Morgan fingerprint density at radius 2 is 1.62 bits per heavy atom. The number of nitrogens with one attached hydrogen (secondary N) is 1. The van der Waals surface area contributed by atoms with E-state index in [0.717, 1.165) is 5.56 Å². The van der Waals surface area contributed by atoms with Gasteiger partial charge in [-0.05, 0) is 17.7 Å². The lowest BCUT2D eigenvalue weighted by molar-refractivity contribution is 0.0970. The molecule has 132 valence electrons. The number of benzene rings is 1. The highest BCUT2D eigenvalue weighted by atomic mass is 16.5. The van der Waals surface area contributed by atoms with Gasteiger partial charge in [0.1, 0.15) is 0 Å². The number of hydrogen-bond acceptors (Lipinski definition) is 5. The zero-order valence-corrected chi connectivity index (χ0v) is 14.2. The molecule has 1 aliphatic heterocycles. The van der Waals surface area contributed by atoms with Crippen molar-refractivity contribution in [1.29, 1.82) is 0 Å². The lowest BCUT2D eigenvalue weighted by Crippen LogP contribution is -2.53. The van der Waals surface area contributed by atoms with Crippen molar-refractivity contribution in [3.8, 4) is 11.5 Å². The molecule has 0 atom stereocenters. The van der Waals surface area contributed by atoms with Crippen molar-refractivity contribution in [2.45, 2.75) is 6.54 Å². The summed E-state index contributed by atoms with van der Waals surface area (Å²) in [4.78, 5) is 26.9. The monoisotopic (exact) mass is 337 g/mol. The summed E-state index contributed by atoms with van der Waals surface area (Å²) in [7, 11) is 4.50. The molecule has 0 saturated carbocycles. The van der Waals surface area contributed by atoms with Crippen molar-refractivity contribution in [3.63, 3.8) is 0 Å². The Labute approximate surface area is 141 Å². The fraction of sp³-hybridized carbons (Fsp3) is 0.500. The first kappa shape index (κ1) is 17.7. The van der Waals surface area contributed by atoms with E-state index in [4.69, 9.17) is 9.47 Å². The van der Waals surface area contributed by atoms with Crippen LogP contribution < -0.4 is 14.8 Å². The van der Waals surface area contributed by atoms with Crippen molar-refractivity contribution >= 4 is 12.1 Å². The Balaban J connectivity index is 1.84. The van der Waals surface area contributed by atoms with Gasteiger partial charge in [0.2, 0.25) is 0 Å². The first-order valence-corrected chi connectivity index (χ1v) is 7.65. The summed E-state index contributed by atoms with van der Waals surface area (Å²) < 4.78 is 15.1. The van der Waals surface area contributed by atoms with Crippen LogP contribution in [0.4, 0.5) is 9.59 Å². The maximum Gasteiger partial charge on any atom is 0.409 e. The first-order chi connectivity index (χ1) is 11.6. The summed E-state index contributed by atoms with van der Waals surface area (Å²) in [6, 6.07) is 5.34. The van der Waals surface area contributed by atoms with Crippen molar-refractivity contribution in [2.75, 3.05) is 47.5 Å². The summed E-state index contributed by atoms with van der Waals surface area (Å²) in [5, 5.41) is 2.87. The number of hydrogen-bond donors (Lipinski definition) is 1.